The van der Waals surface area contributed by atoms with E-state index in [1.165, 1.54) is 0 Å². The Bertz CT molecular complexity index is 778. The van der Waals surface area contributed by atoms with Crippen molar-refractivity contribution in [2.45, 2.75) is 36.3 Å². The molecule has 0 amide bonds. The third kappa shape index (κ3) is 8.27. The topological polar surface area (TPSA) is 328 Å². The van der Waals surface area contributed by atoms with Crippen molar-refractivity contribution in [1.82, 2.24) is 0 Å². The van der Waals surface area contributed by atoms with Crippen LogP contribution >= 0.6 is 31.3 Å². The molecular formula is C6H17NaO19P4. The van der Waals surface area contributed by atoms with Crippen molar-refractivity contribution in [1.29, 1.82) is 0 Å². The Balaban J connectivity index is 0.00000841. The molecule has 24 heteroatoms. The zero-order chi connectivity index (χ0) is 23.2. The monoisotopic (exact) mass is 540 g/mol. The number of aliphatic hydroxyl groups is 6. The third-order valence-corrected chi connectivity index (χ3v) is 8.58. The van der Waals surface area contributed by atoms with E-state index in [2.05, 4.69) is 17.5 Å². The standard InChI is InChI=1S/C6H16O19P4.Na.H/c7-1-2(8)4(10)6(12,5(11)3(1)9)22-27(16,17)24-29(20,21)25-28(18,19)23-26(13,14)15;;/h1-5,7-12H,(H,16,17)(H,18,19)(H,20,21)(H2,13,14,15);;/t1-,2-,3+,4-,5-,6-;;/m1../s1. The van der Waals surface area contributed by atoms with E-state index in [1.54, 1.807) is 0 Å². The molecule has 30 heavy (non-hydrogen) atoms. The summed E-state index contributed by atoms with van der Waals surface area (Å²) >= 11 is 0. The number of phosphoric ester groups is 1. The van der Waals surface area contributed by atoms with Crippen LogP contribution in [0.25, 0.3) is 0 Å². The van der Waals surface area contributed by atoms with Gasteiger partial charge in [-0.15, -0.1) is 0 Å². The average molecular weight is 540 g/mol. The Morgan fingerprint density at radius 3 is 1.30 bits per heavy atom. The summed E-state index contributed by atoms with van der Waals surface area (Å²) < 4.78 is 58.7. The van der Waals surface area contributed by atoms with Gasteiger partial charge in [0.1, 0.15) is 30.5 Å². The van der Waals surface area contributed by atoms with Crippen LogP contribution < -0.4 is 0 Å². The molecule has 176 valence electrons. The van der Waals surface area contributed by atoms with Crippen LogP contribution in [0.4, 0.5) is 0 Å². The molecule has 0 aromatic carbocycles. The van der Waals surface area contributed by atoms with Gasteiger partial charge in [0.25, 0.3) is 0 Å². The molecule has 0 saturated heterocycles. The Kier molecular flexibility index (Phi) is 10.7. The summed E-state index contributed by atoms with van der Waals surface area (Å²) in [5, 5.41) is 57.5. The normalized spacial score (nSPS) is 38.6. The zero-order valence-corrected chi connectivity index (χ0v) is 16.9. The minimum atomic E-state index is -6.27. The van der Waals surface area contributed by atoms with Crippen molar-refractivity contribution >= 4 is 60.8 Å². The first kappa shape index (κ1) is 31.3. The van der Waals surface area contributed by atoms with E-state index in [0.29, 0.717) is 0 Å². The van der Waals surface area contributed by atoms with Crippen molar-refractivity contribution in [2.24, 2.45) is 0 Å². The molecule has 19 nitrogen and oxygen atoms in total. The Labute approximate surface area is 187 Å². The van der Waals surface area contributed by atoms with E-state index in [1.807, 2.05) is 0 Å². The molecule has 1 saturated carbocycles. The van der Waals surface area contributed by atoms with Gasteiger partial charge >= 0.3 is 60.8 Å². The molecule has 0 bridgehead atoms. The Morgan fingerprint density at radius 1 is 0.600 bits per heavy atom. The molecule has 0 aliphatic heterocycles. The number of phosphoric acid groups is 4. The molecule has 1 fully saturated rings. The van der Waals surface area contributed by atoms with Crippen LogP contribution in [0.15, 0.2) is 0 Å². The summed E-state index contributed by atoms with van der Waals surface area (Å²) in [6.45, 7) is 0. The van der Waals surface area contributed by atoms with Crippen LogP contribution in [-0.4, -0.2) is 121 Å². The number of rotatable bonds is 8. The fraction of sp³-hybridized carbons (Fsp3) is 1.00. The second-order valence-corrected chi connectivity index (χ2v) is 11.3. The maximum absolute atomic E-state index is 11.8. The molecule has 0 radical (unpaired) electrons. The van der Waals surface area contributed by atoms with Crippen LogP contribution in [0.3, 0.4) is 0 Å². The molecule has 1 rings (SSSR count). The van der Waals surface area contributed by atoms with Gasteiger partial charge in [0.05, 0.1) is 0 Å². The molecule has 11 N–H and O–H groups in total. The van der Waals surface area contributed by atoms with E-state index >= 15 is 0 Å². The van der Waals surface area contributed by atoms with Gasteiger partial charge in [-0.05, 0) is 0 Å². The predicted octanol–water partition coefficient (Wildman–Crippen LogP) is -4.70. The van der Waals surface area contributed by atoms with Gasteiger partial charge in [-0.3, -0.25) is 0 Å². The SMILES string of the molecule is O=P(O)(O)OP(=O)(O)OP(=O)(O)OP(=O)(O)O[C@]1(O)[C@H](O)[C@H](O)[C@@H](O)[C@H](O)[C@H]1O.[NaH]. The van der Waals surface area contributed by atoms with E-state index in [0.717, 1.165) is 0 Å². The van der Waals surface area contributed by atoms with Gasteiger partial charge in [-0.2, -0.15) is 12.9 Å². The van der Waals surface area contributed by atoms with Gasteiger partial charge in [0.2, 0.25) is 5.79 Å². The van der Waals surface area contributed by atoms with E-state index < -0.39 is 67.6 Å². The van der Waals surface area contributed by atoms with E-state index in [4.69, 9.17) is 19.6 Å². The summed E-state index contributed by atoms with van der Waals surface area (Å²) in [6.07, 6.45) is -12.9. The molecule has 1 aliphatic carbocycles. The molecule has 0 aromatic heterocycles. The second-order valence-electron chi connectivity index (χ2n) is 5.35. The number of aliphatic hydroxyl groups excluding tert-OH is 5. The second kappa shape index (κ2) is 10.3. The third-order valence-electron chi connectivity index (χ3n) is 3.08. The molecule has 3 unspecified atom stereocenters. The van der Waals surface area contributed by atoms with Gasteiger partial charge in [-0.1, -0.05) is 0 Å². The molecule has 1 aliphatic rings. The summed E-state index contributed by atoms with van der Waals surface area (Å²) in [7, 11) is -24.4. The first-order valence-corrected chi connectivity index (χ1v) is 12.7. The summed E-state index contributed by atoms with van der Waals surface area (Å²) in [4.78, 5) is 44.2. The molecule has 0 spiro atoms. The first-order valence-electron chi connectivity index (χ1n) is 6.64. The Hall–Kier alpha value is 1.32. The van der Waals surface area contributed by atoms with Crippen LogP contribution in [0, 0.1) is 0 Å². The zero-order valence-electron chi connectivity index (χ0n) is 13.4. The minimum absolute atomic E-state index is 0. The van der Waals surface area contributed by atoms with Crippen LogP contribution in [0.5, 0.6) is 0 Å². The van der Waals surface area contributed by atoms with Crippen LogP contribution in [-0.2, 0) is 35.7 Å². The quantitative estimate of drug-likeness (QED) is 0.0782. The molecule has 9 atom stereocenters. The number of hydrogen-bond acceptors (Lipinski definition) is 14. The van der Waals surface area contributed by atoms with Gasteiger partial charge in [0.15, 0.2) is 0 Å². The van der Waals surface area contributed by atoms with Gasteiger partial charge in [-0.25, -0.2) is 22.8 Å². The van der Waals surface area contributed by atoms with Gasteiger partial charge in [0, 0.05) is 0 Å². The summed E-state index contributed by atoms with van der Waals surface area (Å²) in [5.74, 6) is -3.83. The van der Waals surface area contributed by atoms with Crippen molar-refractivity contribution in [3.8, 4) is 0 Å². The van der Waals surface area contributed by atoms with Crippen LogP contribution in [0.2, 0.25) is 0 Å². The van der Waals surface area contributed by atoms with Gasteiger partial charge < -0.3 is 55.1 Å². The van der Waals surface area contributed by atoms with Crippen molar-refractivity contribution in [3.63, 3.8) is 0 Å². The molecular weight excluding hydrogens is 523 g/mol. The summed E-state index contributed by atoms with van der Waals surface area (Å²) in [5.41, 5.74) is 0. The average Bonchev–Trinajstić information content (AvgIpc) is 2.44. The molecule has 0 heterocycles. The van der Waals surface area contributed by atoms with Crippen LogP contribution in [0.1, 0.15) is 0 Å². The summed E-state index contributed by atoms with van der Waals surface area (Å²) in [6, 6.07) is 0. The van der Waals surface area contributed by atoms with Crippen molar-refractivity contribution < 1.29 is 90.8 Å². The number of hydrogen-bond donors (Lipinski definition) is 11. The van der Waals surface area contributed by atoms with E-state index in [-0.39, 0.29) is 29.6 Å². The molecule has 0 aromatic rings. The van der Waals surface area contributed by atoms with Crippen molar-refractivity contribution in [2.75, 3.05) is 0 Å². The fourth-order valence-electron chi connectivity index (χ4n) is 1.97. The van der Waals surface area contributed by atoms with Crippen molar-refractivity contribution in [3.05, 3.63) is 0 Å². The Morgan fingerprint density at radius 2 is 0.933 bits per heavy atom. The predicted molar refractivity (Wildman–Crippen MR) is 88.0 cm³/mol. The van der Waals surface area contributed by atoms with E-state index in [9.17, 15) is 53.8 Å². The maximum atomic E-state index is 11.8. The first-order chi connectivity index (χ1) is 12.6. The fourth-order valence-corrected chi connectivity index (χ4v) is 6.63.